The molecule has 0 fully saturated rings. The minimum Gasteiger partial charge on any atom is -0.461 e. The van der Waals surface area contributed by atoms with Crippen LogP contribution in [0.1, 0.15) is 17.4 Å². The summed E-state index contributed by atoms with van der Waals surface area (Å²) < 4.78 is 9.19. The number of nitrogens with zero attached hydrogens (tertiary/aromatic N) is 6. The SMILES string of the molecule is CCOC(=O)c1ccn(-c2ccc(NC(=O)Cn3cnc4c(cnn4C)c3=O)cc2)n1. The zero-order valence-electron chi connectivity index (χ0n) is 16.8. The topological polar surface area (TPSA) is 126 Å². The Morgan fingerprint density at radius 1 is 1.16 bits per heavy atom. The van der Waals surface area contributed by atoms with Crippen molar-refractivity contribution in [3.05, 3.63) is 65.1 Å². The van der Waals surface area contributed by atoms with Crippen LogP contribution in [-0.4, -0.2) is 47.6 Å². The smallest absolute Gasteiger partial charge is 0.358 e. The van der Waals surface area contributed by atoms with E-state index in [1.54, 1.807) is 50.5 Å². The third kappa shape index (κ3) is 4.06. The highest BCUT2D eigenvalue weighted by atomic mass is 16.5. The number of anilines is 1. The van der Waals surface area contributed by atoms with Crippen LogP contribution in [0.5, 0.6) is 0 Å². The molecule has 0 spiro atoms. The zero-order chi connectivity index (χ0) is 22.0. The van der Waals surface area contributed by atoms with E-state index in [2.05, 4.69) is 20.5 Å². The van der Waals surface area contributed by atoms with Crippen molar-refractivity contribution in [3.8, 4) is 5.69 Å². The first kappa shape index (κ1) is 20.0. The van der Waals surface area contributed by atoms with E-state index >= 15 is 0 Å². The second kappa shape index (κ2) is 8.22. The summed E-state index contributed by atoms with van der Waals surface area (Å²) in [5.74, 6) is -0.858. The van der Waals surface area contributed by atoms with Gasteiger partial charge in [0.15, 0.2) is 11.3 Å². The van der Waals surface area contributed by atoms with E-state index in [1.807, 2.05) is 0 Å². The number of carbonyl (C=O) groups excluding carboxylic acids is 2. The van der Waals surface area contributed by atoms with Crippen LogP contribution in [0.3, 0.4) is 0 Å². The first-order valence-electron chi connectivity index (χ1n) is 9.46. The van der Waals surface area contributed by atoms with Gasteiger partial charge in [-0.15, -0.1) is 0 Å². The third-order valence-corrected chi connectivity index (χ3v) is 4.52. The van der Waals surface area contributed by atoms with Crippen LogP contribution in [-0.2, 0) is 23.1 Å². The van der Waals surface area contributed by atoms with Gasteiger partial charge < -0.3 is 10.1 Å². The Balaban J connectivity index is 1.43. The van der Waals surface area contributed by atoms with Crippen LogP contribution in [0.25, 0.3) is 16.7 Å². The van der Waals surface area contributed by atoms with Crippen LogP contribution in [0.4, 0.5) is 5.69 Å². The molecule has 4 rings (SSSR count). The van der Waals surface area contributed by atoms with E-state index in [0.717, 1.165) is 0 Å². The van der Waals surface area contributed by atoms with Gasteiger partial charge in [-0.1, -0.05) is 0 Å². The first-order valence-corrected chi connectivity index (χ1v) is 9.46. The van der Waals surface area contributed by atoms with E-state index in [4.69, 9.17) is 4.74 Å². The Morgan fingerprint density at radius 2 is 1.94 bits per heavy atom. The molecule has 11 heteroatoms. The average molecular weight is 421 g/mol. The van der Waals surface area contributed by atoms with Gasteiger partial charge in [-0.05, 0) is 37.3 Å². The molecule has 31 heavy (non-hydrogen) atoms. The monoisotopic (exact) mass is 421 g/mol. The minimum atomic E-state index is -0.487. The Hall–Kier alpha value is -4.28. The van der Waals surface area contributed by atoms with Gasteiger partial charge in [0, 0.05) is 18.9 Å². The molecule has 0 aliphatic rings. The fourth-order valence-corrected chi connectivity index (χ4v) is 3.01. The largest absolute Gasteiger partial charge is 0.461 e. The number of hydrogen-bond donors (Lipinski definition) is 1. The lowest BCUT2D eigenvalue weighted by atomic mass is 10.3. The predicted molar refractivity (Wildman–Crippen MR) is 111 cm³/mol. The number of hydrogen-bond acceptors (Lipinski definition) is 7. The summed E-state index contributed by atoms with van der Waals surface area (Å²) in [5, 5.41) is 11.3. The molecule has 0 bridgehead atoms. The fourth-order valence-electron chi connectivity index (χ4n) is 3.01. The highest BCUT2D eigenvalue weighted by Gasteiger charge is 2.12. The number of esters is 1. The Labute approximate surface area is 175 Å². The van der Waals surface area contributed by atoms with Gasteiger partial charge in [0.05, 0.1) is 18.5 Å². The van der Waals surface area contributed by atoms with Crippen molar-refractivity contribution in [3.63, 3.8) is 0 Å². The summed E-state index contributed by atoms with van der Waals surface area (Å²) in [6, 6.07) is 8.45. The third-order valence-electron chi connectivity index (χ3n) is 4.52. The standard InChI is InChI=1S/C20H19N7O4/c1-3-31-20(30)16-8-9-27(24-16)14-6-4-13(5-7-14)23-17(28)11-26-12-21-18-15(19(26)29)10-22-25(18)2/h4-10,12H,3,11H2,1-2H3,(H,23,28). The molecule has 3 aromatic heterocycles. The van der Waals surface area contributed by atoms with Crippen LogP contribution in [0, 0.1) is 0 Å². The van der Waals surface area contributed by atoms with E-state index in [1.165, 1.54) is 26.5 Å². The van der Waals surface area contributed by atoms with Crippen LogP contribution < -0.4 is 10.9 Å². The highest BCUT2D eigenvalue weighted by molar-refractivity contribution is 5.90. The number of aryl methyl sites for hydroxylation is 1. The molecule has 3 heterocycles. The normalized spacial score (nSPS) is 10.9. The number of aromatic nitrogens is 6. The average Bonchev–Trinajstić information content (AvgIpc) is 3.39. The minimum absolute atomic E-state index is 0.180. The molecule has 11 nitrogen and oxygen atoms in total. The van der Waals surface area contributed by atoms with E-state index in [0.29, 0.717) is 22.4 Å². The maximum absolute atomic E-state index is 12.5. The van der Waals surface area contributed by atoms with Crippen LogP contribution in [0.15, 0.2) is 53.8 Å². The lowest BCUT2D eigenvalue weighted by Gasteiger charge is -2.08. The lowest BCUT2D eigenvalue weighted by Crippen LogP contribution is -2.27. The van der Waals surface area contributed by atoms with Crippen molar-refractivity contribution in [1.29, 1.82) is 0 Å². The van der Waals surface area contributed by atoms with Crippen molar-refractivity contribution < 1.29 is 14.3 Å². The Kier molecular flexibility index (Phi) is 5.31. The molecule has 0 radical (unpaired) electrons. The van der Waals surface area contributed by atoms with Gasteiger partial charge in [0.2, 0.25) is 5.91 Å². The number of ether oxygens (including phenoxy) is 1. The molecule has 0 saturated heterocycles. The summed E-state index contributed by atoms with van der Waals surface area (Å²) in [6.45, 7) is 1.82. The number of carbonyl (C=O) groups is 2. The molecule has 1 N–H and O–H groups in total. The van der Waals surface area contributed by atoms with Gasteiger partial charge in [-0.2, -0.15) is 10.2 Å². The number of fused-ring (bicyclic) bond motifs is 1. The van der Waals surface area contributed by atoms with E-state index in [9.17, 15) is 14.4 Å². The van der Waals surface area contributed by atoms with Gasteiger partial charge >= 0.3 is 5.97 Å². The molecule has 158 valence electrons. The summed E-state index contributed by atoms with van der Waals surface area (Å²) in [7, 11) is 1.69. The van der Waals surface area contributed by atoms with Gasteiger partial charge in [0.1, 0.15) is 18.3 Å². The molecular formula is C20H19N7O4. The molecule has 0 saturated carbocycles. The van der Waals surface area contributed by atoms with Crippen molar-refractivity contribution >= 4 is 28.6 Å². The molecule has 0 unspecified atom stereocenters. The second-order valence-electron chi connectivity index (χ2n) is 6.64. The summed E-state index contributed by atoms with van der Waals surface area (Å²) in [4.78, 5) is 40.8. The zero-order valence-corrected chi connectivity index (χ0v) is 16.8. The number of nitrogens with one attached hydrogen (secondary N) is 1. The maximum Gasteiger partial charge on any atom is 0.358 e. The quantitative estimate of drug-likeness (QED) is 0.463. The fraction of sp³-hybridized carbons (Fsp3) is 0.200. The first-order chi connectivity index (χ1) is 15.0. The second-order valence-corrected chi connectivity index (χ2v) is 6.64. The van der Waals surface area contributed by atoms with E-state index in [-0.39, 0.29) is 30.3 Å². The molecular weight excluding hydrogens is 402 g/mol. The molecule has 1 aromatic carbocycles. The summed E-state index contributed by atoms with van der Waals surface area (Å²) in [6.07, 6.45) is 4.40. The Morgan fingerprint density at radius 3 is 2.68 bits per heavy atom. The van der Waals surface area contributed by atoms with E-state index < -0.39 is 5.97 Å². The number of amides is 1. The van der Waals surface area contributed by atoms with Crippen molar-refractivity contribution in [2.45, 2.75) is 13.5 Å². The molecule has 0 aliphatic heterocycles. The van der Waals surface area contributed by atoms with Crippen molar-refractivity contribution in [1.82, 2.24) is 29.1 Å². The van der Waals surface area contributed by atoms with Gasteiger partial charge in [-0.25, -0.2) is 14.5 Å². The predicted octanol–water partition coefficient (Wildman–Crippen LogP) is 1.13. The van der Waals surface area contributed by atoms with Crippen molar-refractivity contribution in [2.75, 3.05) is 11.9 Å². The molecule has 4 aromatic rings. The van der Waals surface area contributed by atoms with Gasteiger partial charge in [-0.3, -0.25) is 18.8 Å². The highest BCUT2D eigenvalue weighted by Crippen LogP contribution is 2.14. The number of rotatable bonds is 6. The van der Waals surface area contributed by atoms with Crippen molar-refractivity contribution in [2.24, 2.45) is 7.05 Å². The number of benzene rings is 1. The molecule has 1 amide bonds. The lowest BCUT2D eigenvalue weighted by molar-refractivity contribution is -0.116. The Bertz CT molecular complexity index is 1320. The molecule has 0 aliphatic carbocycles. The van der Waals surface area contributed by atoms with Gasteiger partial charge in [0.25, 0.3) is 5.56 Å². The van der Waals surface area contributed by atoms with Crippen LogP contribution in [0.2, 0.25) is 0 Å². The maximum atomic E-state index is 12.5. The summed E-state index contributed by atoms with van der Waals surface area (Å²) >= 11 is 0. The summed E-state index contributed by atoms with van der Waals surface area (Å²) in [5.41, 5.74) is 1.59. The van der Waals surface area contributed by atoms with Crippen LogP contribution >= 0.6 is 0 Å². The molecule has 0 atom stereocenters.